The summed E-state index contributed by atoms with van der Waals surface area (Å²) >= 11 is 0. The minimum Gasteiger partial charge on any atom is -0.325 e. The van der Waals surface area contributed by atoms with Gasteiger partial charge in [0.05, 0.1) is 17.9 Å². The maximum Gasteiger partial charge on any atom is 0.433 e. The minimum atomic E-state index is -4.50. The number of carbonyl (C=O) groups excluding carboxylic acids is 1. The Morgan fingerprint density at radius 3 is 2.20 bits per heavy atom. The van der Waals surface area contributed by atoms with Crippen LogP contribution in [0.2, 0.25) is 0 Å². The maximum absolute atomic E-state index is 12.9. The summed E-state index contributed by atoms with van der Waals surface area (Å²) in [5, 5.41) is 6.34. The molecule has 1 amide bonds. The summed E-state index contributed by atoms with van der Waals surface area (Å²) in [6.45, 7) is 5.53. The molecule has 0 bridgehead atoms. The number of benzene rings is 1. The number of rotatable bonds is 3. The van der Waals surface area contributed by atoms with Gasteiger partial charge in [-0.2, -0.15) is 18.3 Å². The molecule has 9 heteroatoms. The van der Waals surface area contributed by atoms with Gasteiger partial charge in [-0.1, -0.05) is 20.8 Å². The van der Waals surface area contributed by atoms with Crippen molar-refractivity contribution < 1.29 is 18.0 Å². The Morgan fingerprint density at radius 1 is 1.16 bits per heavy atom. The Morgan fingerprint density at radius 2 is 1.72 bits per heavy atom. The Hall–Kier alpha value is -2.06. The molecule has 138 valence electrons. The number of nitrogens with zero attached hydrogens (tertiary/aromatic N) is 2. The molecule has 1 aromatic heterocycles. The van der Waals surface area contributed by atoms with E-state index in [1.165, 1.54) is 24.3 Å². The average molecular weight is 377 g/mol. The molecule has 0 radical (unpaired) electrons. The molecule has 0 aliphatic heterocycles. The van der Waals surface area contributed by atoms with Crippen molar-refractivity contribution in [1.82, 2.24) is 9.78 Å². The summed E-state index contributed by atoms with van der Waals surface area (Å²) in [6, 6.07) is 6.09. The van der Waals surface area contributed by atoms with Crippen molar-refractivity contribution >= 4 is 24.0 Å². The number of halogens is 4. The molecule has 0 saturated carbocycles. The summed E-state index contributed by atoms with van der Waals surface area (Å²) in [6.07, 6.45) is -3.41. The van der Waals surface area contributed by atoms with Crippen LogP contribution in [0.25, 0.3) is 5.69 Å². The van der Waals surface area contributed by atoms with E-state index in [-0.39, 0.29) is 24.0 Å². The number of alkyl halides is 3. The van der Waals surface area contributed by atoms with Crippen LogP contribution in [0.1, 0.15) is 26.5 Å². The third-order valence-corrected chi connectivity index (χ3v) is 3.53. The van der Waals surface area contributed by atoms with E-state index in [9.17, 15) is 18.0 Å². The Labute approximate surface area is 149 Å². The van der Waals surface area contributed by atoms with Crippen molar-refractivity contribution in [3.8, 4) is 5.69 Å². The highest BCUT2D eigenvalue weighted by atomic mass is 35.5. The van der Waals surface area contributed by atoms with E-state index >= 15 is 0 Å². The van der Waals surface area contributed by atoms with Gasteiger partial charge in [0.25, 0.3) is 0 Å². The fourth-order valence-electron chi connectivity index (χ4n) is 2.02. The first-order chi connectivity index (χ1) is 11.0. The largest absolute Gasteiger partial charge is 0.433 e. The van der Waals surface area contributed by atoms with E-state index in [1.54, 1.807) is 0 Å². The number of anilines is 1. The van der Waals surface area contributed by atoms with Crippen molar-refractivity contribution in [3.63, 3.8) is 0 Å². The van der Waals surface area contributed by atoms with Gasteiger partial charge < -0.3 is 11.1 Å². The van der Waals surface area contributed by atoms with Crippen LogP contribution < -0.4 is 11.1 Å². The number of amides is 1. The number of hydrogen-bond acceptors (Lipinski definition) is 3. The molecule has 0 aliphatic rings. The highest BCUT2D eigenvalue weighted by Gasteiger charge is 2.35. The standard InChI is InChI=1S/C16H19F3N4O.ClH/c1-15(2,3)13(20)14(24)22-10-4-6-11(7-5-10)23-12(8-9-21-23)16(17,18)19;/h4-9,13H,20H2,1-3H3,(H,22,24);1H/t13-;/m1./s1. The molecule has 0 unspecified atom stereocenters. The number of nitrogens with one attached hydrogen (secondary N) is 1. The molecular formula is C16H20ClF3N4O. The van der Waals surface area contributed by atoms with Gasteiger partial charge in [-0.05, 0) is 35.7 Å². The van der Waals surface area contributed by atoms with Crippen LogP contribution in [0.5, 0.6) is 0 Å². The van der Waals surface area contributed by atoms with Gasteiger partial charge >= 0.3 is 6.18 Å². The van der Waals surface area contributed by atoms with Crippen LogP contribution in [-0.2, 0) is 11.0 Å². The summed E-state index contributed by atoms with van der Waals surface area (Å²) in [7, 11) is 0. The zero-order valence-corrected chi connectivity index (χ0v) is 14.8. The molecule has 2 rings (SSSR count). The van der Waals surface area contributed by atoms with Crippen molar-refractivity contribution in [2.75, 3.05) is 5.32 Å². The lowest BCUT2D eigenvalue weighted by atomic mass is 9.87. The molecule has 0 aliphatic carbocycles. The number of nitrogens with two attached hydrogens (primary N) is 1. The van der Waals surface area contributed by atoms with Crippen molar-refractivity contribution in [1.29, 1.82) is 0 Å². The highest BCUT2D eigenvalue weighted by Crippen LogP contribution is 2.30. The smallest absolute Gasteiger partial charge is 0.325 e. The van der Waals surface area contributed by atoms with Crippen LogP contribution in [0, 0.1) is 5.41 Å². The summed E-state index contributed by atoms with van der Waals surface area (Å²) in [5.41, 5.74) is 5.29. The Bertz CT molecular complexity index is 720. The first-order valence-electron chi connectivity index (χ1n) is 7.28. The Kier molecular flexibility index (Phi) is 6.25. The Balaban J connectivity index is 0.00000312. The molecule has 1 aromatic carbocycles. The van der Waals surface area contributed by atoms with Crippen LogP contribution in [0.4, 0.5) is 18.9 Å². The first kappa shape index (κ1) is 21.0. The van der Waals surface area contributed by atoms with Gasteiger partial charge in [-0.25, -0.2) is 4.68 Å². The molecule has 3 N–H and O–H groups in total. The van der Waals surface area contributed by atoms with Gasteiger partial charge in [-0.15, -0.1) is 12.4 Å². The molecular weight excluding hydrogens is 357 g/mol. The molecule has 2 aromatic rings. The zero-order chi connectivity index (χ0) is 18.1. The van der Waals surface area contributed by atoms with Crippen LogP contribution >= 0.6 is 12.4 Å². The van der Waals surface area contributed by atoms with E-state index in [1.807, 2.05) is 20.8 Å². The molecule has 1 heterocycles. The van der Waals surface area contributed by atoms with E-state index in [4.69, 9.17) is 5.73 Å². The predicted octanol–water partition coefficient (Wildman–Crippen LogP) is 3.62. The van der Waals surface area contributed by atoms with E-state index in [0.717, 1.165) is 16.9 Å². The number of hydrogen-bond donors (Lipinski definition) is 2. The van der Waals surface area contributed by atoms with E-state index < -0.39 is 23.3 Å². The third kappa shape index (κ3) is 4.96. The van der Waals surface area contributed by atoms with Crippen LogP contribution in [-0.4, -0.2) is 21.7 Å². The van der Waals surface area contributed by atoms with Gasteiger partial charge in [0.15, 0.2) is 0 Å². The second-order valence-corrected chi connectivity index (χ2v) is 6.51. The monoisotopic (exact) mass is 376 g/mol. The van der Waals surface area contributed by atoms with Gasteiger partial charge in [0.1, 0.15) is 5.69 Å². The molecule has 5 nitrogen and oxygen atoms in total. The van der Waals surface area contributed by atoms with Crippen molar-refractivity contribution in [3.05, 3.63) is 42.2 Å². The van der Waals surface area contributed by atoms with Crippen LogP contribution in [0.3, 0.4) is 0 Å². The maximum atomic E-state index is 12.9. The SMILES string of the molecule is CC(C)(C)[C@H](N)C(=O)Nc1ccc(-n2nccc2C(F)(F)F)cc1.Cl. The van der Waals surface area contributed by atoms with E-state index in [2.05, 4.69) is 10.4 Å². The molecule has 25 heavy (non-hydrogen) atoms. The lowest BCUT2D eigenvalue weighted by molar-refractivity contribution is -0.142. The van der Waals surface area contributed by atoms with Crippen LogP contribution in [0.15, 0.2) is 36.5 Å². The molecule has 0 spiro atoms. The topological polar surface area (TPSA) is 72.9 Å². The first-order valence-corrected chi connectivity index (χ1v) is 7.28. The fourth-order valence-corrected chi connectivity index (χ4v) is 2.02. The molecule has 0 saturated heterocycles. The third-order valence-electron chi connectivity index (χ3n) is 3.53. The summed E-state index contributed by atoms with van der Waals surface area (Å²) in [5.74, 6) is -0.356. The van der Waals surface area contributed by atoms with Crippen molar-refractivity contribution in [2.45, 2.75) is 33.0 Å². The second-order valence-electron chi connectivity index (χ2n) is 6.51. The average Bonchev–Trinajstić information content (AvgIpc) is 2.95. The fraction of sp³-hybridized carbons (Fsp3) is 0.375. The van der Waals surface area contributed by atoms with Gasteiger partial charge in [-0.3, -0.25) is 4.79 Å². The zero-order valence-electron chi connectivity index (χ0n) is 14.0. The highest BCUT2D eigenvalue weighted by molar-refractivity contribution is 5.95. The predicted molar refractivity (Wildman–Crippen MR) is 91.9 cm³/mol. The summed E-state index contributed by atoms with van der Waals surface area (Å²) in [4.78, 5) is 12.1. The minimum absolute atomic E-state index is 0. The van der Waals surface area contributed by atoms with Gasteiger partial charge in [0.2, 0.25) is 5.91 Å². The lowest BCUT2D eigenvalue weighted by Gasteiger charge is -2.25. The molecule has 0 fully saturated rings. The van der Waals surface area contributed by atoms with E-state index in [0.29, 0.717) is 5.69 Å². The molecule has 1 atom stereocenters. The quantitative estimate of drug-likeness (QED) is 0.859. The van der Waals surface area contributed by atoms with Gasteiger partial charge in [0, 0.05) is 5.69 Å². The number of aromatic nitrogens is 2. The lowest BCUT2D eigenvalue weighted by Crippen LogP contribution is -2.45. The number of carbonyl (C=O) groups is 1. The van der Waals surface area contributed by atoms with Crippen molar-refractivity contribution in [2.24, 2.45) is 11.1 Å². The second kappa shape index (κ2) is 7.45. The normalized spacial score (nSPS) is 13.1. The summed E-state index contributed by atoms with van der Waals surface area (Å²) < 4.78 is 39.5.